The molecule has 1 aromatic carbocycles. The topological polar surface area (TPSA) is 69.3 Å². The van der Waals surface area contributed by atoms with Gasteiger partial charge in [-0.2, -0.15) is 0 Å². The number of aromatic nitrogens is 2. The Labute approximate surface area is 155 Å². The van der Waals surface area contributed by atoms with Crippen LogP contribution in [0, 0.1) is 0 Å². The standard InChI is InChI=1S/C19H20N4O2S/c1-13(24)23-9-7-22(8-10-23)12-17-20-18(25)15-11-16(26-19(15)21-17)14-5-3-2-4-6-14/h2-6,11H,7-10,12H2,1H3,(H,20,21,25). The van der Waals surface area contributed by atoms with Gasteiger partial charge < -0.3 is 9.88 Å². The van der Waals surface area contributed by atoms with Crippen LogP contribution in [0.2, 0.25) is 0 Å². The first-order chi connectivity index (χ1) is 12.6. The van der Waals surface area contributed by atoms with E-state index in [1.54, 1.807) is 18.3 Å². The highest BCUT2D eigenvalue weighted by atomic mass is 32.1. The largest absolute Gasteiger partial charge is 0.340 e. The summed E-state index contributed by atoms with van der Waals surface area (Å²) < 4.78 is 0. The van der Waals surface area contributed by atoms with Crippen molar-refractivity contribution >= 4 is 27.5 Å². The lowest BCUT2D eigenvalue weighted by molar-refractivity contribution is -0.130. The number of rotatable bonds is 3. The number of amides is 1. The molecule has 1 amide bonds. The summed E-state index contributed by atoms with van der Waals surface area (Å²) in [6.45, 7) is 5.22. The molecule has 0 spiro atoms. The Balaban J connectivity index is 1.56. The minimum absolute atomic E-state index is 0.0918. The van der Waals surface area contributed by atoms with Crippen LogP contribution in [-0.4, -0.2) is 51.9 Å². The van der Waals surface area contributed by atoms with E-state index in [1.807, 2.05) is 41.3 Å². The Kier molecular flexibility index (Phi) is 4.57. The second-order valence-electron chi connectivity index (χ2n) is 6.49. The zero-order chi connectivity index (χ0) is 18.1. The fourth-order valence-corrected chi connectivity index (χ4v) is 4.28. The SMILES string of the molecule is CC(=O)N1CCN(Cc2nc3sc(-c4ccccc4)cc3c(=O)[nH]2)CC1. The molecule has 3 heterocycles. The molecule has 1 saturated heterocycles. The van der Waals surface area contributed by atoms with Crippen molar-refractivity contribution in [3.8, 4) is 10.4 Å². The lowest BCUT2D eigenvalue weighted by atomic mass is 10.2. The zero-order valence-corrected chi connectivity index (χ0v) is 15.4. The Morgan fingerprint density at radius 2 is 1.92 bits per heavy atom. The first-order valence-electron chi connectivity index (χ1n) is 8.66. The van der Waals surface area contributed by atoms with Gasteiger partial charge >= 0.3 is 0 Å². The van der Waals surface area contributed by atoms with Gasteiger partial charge in [0.1, 0.15) is 10.7 Å². The molecule has 26 heavy (non-hydrogen) atoms. The second-order valence-corrected chi connectivity index (χ2v) is 7.52. The number of carbonyl (C=O) groups excluding carboxylic acids is 1. The van der Waals surface area contributed by atoms with Crippen LogP contribution in [0.5, 0.6) is 0 Å². The lowest BCUT2D eigenvalue weighted by Crippen LogP contribution is -2.47. The monoisotopic (exact) mass is 368 g/mol. The van der Waals surface area contributed by atoms with Gasteiger partial charge in [0.25, 0.3) is 5.56 Å². The van der Waals surface area contributed by atoms with Crippen LogP contribution >= 0.6 is 11.3 Å². The summed E-state index contributed by atoms with van der Waals surface area (Å²) >= 11 is 1.54. The van der Waals surface area contributed by atoms with E-state index < -0.39 is 0 Å². The zero-order valence-electron chi connectivity index (χ0n) is 14.6. The van der Waals surface area contributed by atoms with Crippen molar-refractivity contribution in [2.24, 2.45) is 0 Å². The van der Waals surface area contributed by atoms with Gasteiger partial charge in [0.15, 0.2) is 0 Å². The summed E-state index contributed by atoms with van der Waals surface area (Å²) in [7, 11) is 0. The third-order valence-electron chi connectivity index (χ3n) is 4.70. The van der Waals surface area contributed by atoms with Gasteiger partial charge in [0, 0.05) is 38.0 Å². The fraction of sp³-hybridized carbons (Fsp3) is 0.316. The number of piperazine rings is 1. The first-order valence-corrected chi connectivity index (χ1v) is 9.48. The molecule has 0 radical (unpaired) electrons. The maximum atomic E-state index is 12.5. The number of H-pyrrole nitrogens is 1. The van der Waals surface area contributed by atoms with Crippen LogP contribution in [0.1, 0.15) is 12.7 Å². The van der Waals surface area contributed by atoms with Crippen molar-refractivity contribution in [3.63, 3.8) is 0 Å². The van der Waals surface area contributed by atoms with Gasteiger partial charge in [-0.15, -0.1) is 11.3 Å². The average molecular weight is 368 g/mol. The molecule has 0 atom stereocenters. The number of aromatic amines is 1. The van der Waals surface area contributed by atoms with Crippen LogP contribution in [0.15, 0.2) is 41.2 Å². The van der Waals surface area contributed by atoms with Gasteiger partial charge in [-0.3, -0.25) is 14.5 Å². The predicted molar refractivity (Wildman–Crippen MR) is 103 cm³/mol. The molecule has 0 bridgehead atoms. The maximum absolute atomic E-state index is 12.5. The third kappa shape index (κ3) is 3.40. The summed E-state index contributed by atoms with van der Waals surface area (Å²) in [6, 6.07) is 11.9. The minimum Gasteiger partial charge on any atom is -0.340 e. The third-order valence-corrected chi connectivity index (χ3v) is 5.78. The Morgan fingerprint density at radius 3 is 2.62 bits per heavy atom. The fourth-order valence-electron chi connectivity index (χ4n) is 3.23. The van der Waals surface area contributed by atoms with Crippen LogP contribution in [0.3, 0.4) is 0 Å². The molecule has 7 heteroatoms. The maximum Gasteiger partial charge on any atom is 0.259 e. The van der Waals surface area contributed by atoms with E-state index in [1.165, 1.54) is 0 Å². The minimum atomic E-state index is -0.0918. The summed E-state index contributed by atoms with van der Waals surface area (Å²) in [5.74, 6) is 0.796. The van der Waals surface area contributed by atoms with E-state index in [4.69, 9.17) is 0 Å². The molecule has 0 saturated carbocycles. The number of carbonyl (C=O) groups is 1. The van der Waals surface area contributed by atoms with Crippen molar-refractivity contribution in [1.82, 2.24) is 19.8 Å². The average Bonchev–Trinajstić information content (AvgIpc) is 3.08. The van der Waals surface area contributed by atoms with E-state index in [-0.39, 0.29) is 11.5 Å². The van der Waals surface area contributed by atoms with Gasteiger partial charge in [0.05, 0.1) is 11.9 Å². The summed E-state index contributed by atoms with van der Waals surface area (Å²) in [5.41, 5.74) is 1.00. The lowest BCUT2D eigenvalue weighted by Gasteiger charge is -2.33. The molecular weight excluding hydrogens is 348 g/mol. The van der Waals surface area contributed by atoms with Crippen LogP contribution in [-0.2, 0) is 11.3 Å². The molecule has 134 valence electrons. The first kappa shape index (κ1) is 16.9. The highest BCUT2D eigenvalue weighted by Gasteiger charge is 2.19. The van der Waals surface area contributed by atoms with Crippen molar-refractivity contribution in [1.29, 1.82) is 0 Å². The second kappa shape index (κ2) is 7.01. The van der Waals surface area contributed by atoms with E-state index in [9.17, 15) is 9.59 Å². The number of fused-ring (bicyclic) bond motifs is 1. The highest BCUT2D eigenvalue weighted by molar-refractivity contribution is 7.21. The molecule has 0 unspecified atom stereocenters. The van der Waals surface area contributed by atoms with Gasteiger partial charge in [-0.05, 0) is 11.6 Å². The Morgan fingerprint density at radius 1 is 1.19 bits per heavy atom. The van der Waals surface area contributed by atoms with E-state index in [2.05, 4.69) is 14.9 Å². The highest BCUT2D eigenvalue weighted by Crippen LogP contribution is 2.30. The van der Waals surface area contributed by atoms with Gasteiger partial charge in [0.2, 0.25) is 5.91 Å². The molecule has 1 fully saturated rings. The normalized spacial score (nSPS) is 15.5. The summed E-state index contributed by atoms with van der Waals surface area (Å²) in [4.78, 5) is 37.4. The molecule has 1 N–H and O–H groups in total. The van der Waals surface area contributed by atoms with E-state index in [0.717, 1.165) is 41.5 Å². The van der Waals surface area contributed by atoms with Crippen molar-refractivity contribution in [2.45, 2.75) is 13.5 Å². The van der Waals surface area contributed by atoms with Crippen molar-refractivity contribution in [3.05, 3.63) is 52.6 Å². The quantitative estimate of drug-likeness (QED) is 0.770. The molecule has 2 aromatic heterocycles. The molecule has 4 rings (SSSR count). The number of thiophene rings is 1. The van der Waals surface area contributed by atoms with Crippen molar-refractivity contribution in [2.75, 3.05) is 26.2 Å². The van der Waals surface area contributed by atoms with Crippen LogP contribution < -0.4 is 5.56 Å². The van der Waals surface area contributed by atoms with Gasteiger partial charge in [-0.1, -0.05) is 30.3 Å². The van der Waals surface area contributed by atoms with Crippen molar-refractivity contribution < 1.29 is 4.79 Å². The summed E-state index contributed by atoms with van der Waals surface area (Å²) in [6.07, 6.45) is 0. The smallest absolute Gasteiger partial charge is 0.259 e. The molecular formula is C19H20N4O2S. The van der Waals surface area contributed by atoms with Crippen LogP contribution in [0.4, 0.5) is 0 Å². The molecule has 3 aromatic rings. The van der Waals surface area contributed by atoms with E-state index in [0.29, 0.717) is 17.8 Å². The molecule has 1 aliphatic rings. The molecule has 1 aliphatic heterocycles. The van der Waals surface area contributed by atoms with Crippen LogP contribution in [0.25, 0.3) is 20.7 Å². The number of benzene rings is 1. The number of nitrogens with zero attached hydrogens (tertiary/aromatic N) is 3. The number of hydrogen-bond donors (Lipinski definition) is 1. The van der Waals surface area contributed by atoms with Gasteiger partial charge in [-0.25, -0.2) is 4.98 Å². The number of hydrogen-bond acceptors (Lipinski definition) is 5. The Bertz CT molecular complexity index is 988. The summed E-state index contributed by atoms with van der Waals surface area (Å²) in [5, 5.41) is 0.638. The Hall–Kier alpha value is -2.51. The number of nitrogens with one attached hydrogen (secondary N) is 1. The molecule has 6 nitrogen and oxygen atoms in total. The van der Waals surface area contributed by atoms with E-state index >= 15 is 0 Å². The molecule has 0 aliphatic carbocycles. The predicted octanol–water partition coefficient (Wildman–Crippen LogP) is 2.32.